The van der Waals surface area contributed by atoms with Crippen molar-refractivity contribution in [2.45, 2.75) is 11.8 Å². The first kappa shape index (κ1) is 9.34. The highest BCUT2D eigenvalue weighted by molar-refractivity contribution is 8.19. The summed E-state index contributed by atoms with van der Waals surface area (Å²) in [4.78, 5) is 0.0919. The number of hydrogen-bond donors (Lipinski definition) is 4. The van der Waals surface area contributed by atoms with Gasteiger partial charge in [-0.25, -0.2) is 0 Å². The molecule has 5 heteroatoms. The maximum absolute atomic E-state index is 8.86. The first-order chi connectivity index (χ1) is 5.41. The summed E-state index contributed by atoms with van der Waals surface area (Å²) in [5.74, 6) is 0. The van der Waals surface area contributed by atoms with Gasteiger partial charge in [-0.2, -0.15) is 0 Å². The van der Waals surface area contributed by atoms with Crippen molar-refractivity contribution in [1.82, 2.24) is 0 Å². The van der Waals surface area contributed by atoms with Crippen molar-refractivity contribution in [3.05, 3.63) is 23.8 Å². The van der Waals surface area contributed by atoms with Crippen LogP contribution < -0.4 is 5.73 Å². The molecule has 5 N–H and O–H groups in total. The number of hydrogen-bond acceptors (Lipinski definition) is 4. The molecule has 0 atom stereocenters. The smallest absolute Gasteiger partial charge is 0.112 e. The van der Waals surface area contributed by atoms with Crippen molar-refractivity contribution in [3.8, 4) is 0 Å². The van der Waals surface area contributed by atoms with E-state index in [-0.39, 0.29) is 4.90 Å². The van der Waals surface area contributed by atoms with Crippen molar-refractivity contribution < 1.29 is 13.7 Å². The van der Waals surface area contributed by atoms with E-state index in [1.165, 1.54) is 18.2 Å². The molecule has 0 radical (unpaired) electrons. The Bertz CT molecular complexity index is 295. The quantitative estimate of drug-likeness (QED) is 0.510. The van der Waals surface area contributed by atoms with Gasteiger partial charge in [0.1, 0.15) is 10.9 Å². The molecule has 0 aromatic heterocycles. The van der Waals surface area contributed by atoms with Crippen LogP contribution in [0.5, 0.6) is 0 Å². The van der Waals surface area contributed by atoms with E-state index < -0.39 is 10.9 Å². The molecule has 1 aromatic rings. The topological polar surface area (TPSA) is 86.7 Å². The molecule has 0 bridgehead atoms. The Balaban J connectivity index is 3.14. The van der Waals surface area contributed by atoms with Gasteiger partial charge >= 0.3 is 0 Å². The predicted molar refractivity (Wildman–Crippen MR) is 49.3 cm³/mol. The number of benzene rings is 1. The standard InChI is InChI=1S/C7H11NO3S/c1-5-4-6(12(9,10)11)2-3-7(5)8/h2-4,9-11H,8H2,1H3. The van der Waals surface area contributed by atoms with Crippen molar-refractivity contribution >= 4 is 16.6 Å². The Kier molecular flexibility index (Phi) is 2.29. The summed E-state index contributed by atoms with van der Waals surface area (Å²) in [6.07, 6.45) is 0. The van der Waals surface area contributed by atoms with Crippen molar-refractivity contribution in [2.75, 3.05) is 5.73 Å². The molecule has 0 heterocycles. The normalized spacial score (nSPS) is 13.0. The highest BCUT2D eigenvalue weighted by Crippen LogP contribution is 2.43. The van der Waals surface area contributed by atoms with E-state index in [1.54, 1.807) is 6.92 Å². The number of nitrogens with two attached hydrogens (primary N) is 1. The third-order valence-corrected chi connectivity index (χ3v) is 2.44. The lowest BCUT2D eigenvalue weighted by Crippen LogP contribution is -1.97. The van der Waals surface area contributed by atoms with Crippen molar-refractivity contribution in [1.29, 1.82) is 0 Å². The van der Waals surface area contributed by atoms with Gasteiger partial charge < -0.3 is 19.4 Å². The molecule has 0 saturated carbocycles. The van der Waals surface area contributed by atoms with Gasteiger partial charge in [-0.1, -0.05) is 0 Å². The molecule has 12 heavy (non-hydrogen) atoms. The molecule has 4 nitrogen and oxygen atoms in total. The highest BCUT2D eigenvalue weighted by Gasteiger charge is 2.15. The number of aryl methyl sites for hydroxylation is 1. The summed E-state index contributed by atoms with van der Waals surface area (Å²) >= 11 is 0. The lowest BCUT2D eigenvalue weighted by atomic mass is 10.2. The fourth-order valence-electron chi connectivity index (χ4n) is 0.819. The fourth-order valence-corrected chi connectivity index (χ4v) is 1.40. The molecule has 0 aliphatic rings. The van der Waals surface area contributed by atoms with Gasteiger partial charge in [0.25, 0.3) is 0 Å². The Morgan fingerprint density at radius 3 is 2.25 bits per heavy atom. The maximum Gasteiger partial charge on any atom is 0.112 e. The van der Waals surface area contributed by atoms with Crippen molar-refractivity contribution in [2.24, 2.45) is 0 Å². The summed E-state index contributed by atoms with van der Waals surface area (Å²) in [7, 11) is -3.60. The Morgan fingerprint density at radius 2 is 1.83 bits per heavy atom. The zero-order chi connectivity index (χ0) is 9.35. The van der Waals surface area contributed by atoms with Crippen LogP contribution in [0.2, 0.25) is 0 Å². The van der Waals surface area contributed by atoms with E-state index >= 15 is 0 Å². The van der Waals surface area contributed by atoms with Gasteiger partial charge in [-0.3, -0.25) is 0 Å². The number of anilines is 1. The van der Waals surface area contributed by atoms with E-state index in [0.717, 1.165) is 0 Å². The highest BCUT2D eigenvalue weighted by atomic mass is 32.3. The van der Waals surface area contributed by atoms with E-state index in [0.29, 0.717) is 11.3 Å². The Labute approximate surface area is 72.2 Å². The molecule has 0 unspecified atom stereocenters. The lowest BCUT2D eigenvalue weighted by Gasteiger charge is -2.19. The second-order valence-electron chi connectivity index (χ2n) is 2.54. The van der Waals surface area contributed by atoms with E-state index in [9.17, 15) is 0 Å². The zero-order valence-corrected chi connectivity index (χ0v) is 7.38. The van der Waals surface area contributed by atoms with Crippen LogP contribution in [-0.4, -0.2) is 13.7 Å². The molecule has 0 saturated heterocycles. The number of nitrogen functional groups attached to an aromatic ring is 1. The zero-order valence-electron chi connectivity index (χ0n) is 6.56. The van der Waals surface area contributed by atoms with E-state index in [1.807, 2.05) is 0 Å². The third-order valence-electron chi connectivity index (χ3n) is 1.56. The van der Waals surface area contributed by atoms with Crippen molar-refractivity contribution in [3.63, 3.8) is 0 Å². The molecular weight excluding hydrogens is 178 g/mol. The monoisotopic (exact) mass is 189 g/mol. The minimum absolute atomic E-state index is 0.0919. The van der Waals surface area contributed by atoms with Gasteiger partial charge in [-0.05, 0) is 30.7 Å². The minimum atomic E-state index is -3.60. The largest absolute Gasteiger partial charge is 0.399 e. The van der Waals surface area contributed by atoms with Crippen LogP contribution in [0.4, 0.5) is 5.69 Å². The van der Waals surface area contributed by atoms with Crippen LogP contribution in [0.25, 0.3) is 0 Å². The van der Waals surface area contributed by atoms with Crippen LogP contribution in [0.15, 0.2) is 23.1 Å². The first-order valence-corrected chi connectivity index (χ1v) is 4.78. The Hall–Kier alpha value is -0.750. The first-order valence-electron chi connectivity index (χ1n) is 3.28. The van der Waals surface area contributed by atoms with Crippen LogP contribution in [0.3, 0.4) is 0 Å². The molecule has 1 aromatic carbocycles. The summed E-state index contributed by atoms with van der Waals surface area (Å²) in [5, 5.41) is 0. The average Bonchev–Trinajstić information content (AvgIpc) is 1.92. The van der Waals surface area contributed by atoms with Crippen LogP contribution in [0, 0.1) is 6.92 Å². The molecule has 0 aliphatic heterocycles. The molecule has 0 spiro atoms. The average molecular weight is 189 g/mol. The minimum Gasteiger partial charge on any atom is -0.399 e. The van der Waals surface area contributed by atoms with Gasteiger partial charge in [0.2, 0.25) is 0 Å². The van der Waals surface area contributed by atoms with E-state index in [4.69, 9.17) is 19.4 Å². The molecule has 0 aliphatic carbocycles. The second kappa shape index (κ2) is 2.95. The lowest BCUT2D eigenvalue weighted by molar-refractivity contribution is 0.376. The summed E-state index contributed by atoms with van der Waals surface area (Å²) in [5.41, 5.74) is 6.76. The van der Waals surface area contributed by atoms with Gasteiger partial charge in [0.05, 0.1) is 4.90 Å². The third kappa shape index (κ3) is 1.89. The van der Waals surface area contributed by atoms with Crippen LogP contribution in [0.1, 0.15) is 5.56 Å². The molecule has 68 valence electrons. The summed E-state index contributed by atoms with van der Waals surface area (Å²) < 4.78 is 26.6. The van der Waals surface area contributed by atoms with Crippen LogP contribution in [-0.2, 0) is 0 Å². The molecule has 0 amide bonds. The molecule has 0 fully saturated rings. The van der Waals surface area contributed by atoms with Gasteiger partial charge in [0, 0.05) is 5.69 Å². The van der Waals surface area contributed by atoms with Gasteiger partial charge in [0.15, 0.2) is 0 Å². The predicted octanol–water partition coefficient (Wildman–Crippen LogP) is 2.16. The van der Waals surface area contributed by atoms with E-state index in [2.05, 4.69) is 0 Å². The number of rotatable bonds is 1. The fraction of sp³-hybridized carbons (Fsp3) is 0.143. The van der Waals surface area contributed by atoms with Crippen LogP contribution >= 0.6 is 10.9 Å². The summed E-state index contributed by atoms with van der Waals surface area (Å²) in [6.45, 7) is 1.73. The summed E-state index contributed by atoms with van der Waals surface area (Å²) in [6, 6.07) is 4.36. The van der Waals surface area contributed by atoms with Gasteiger partial charge in [-0.15, -0.1) is 0 Å². The molecular formula is C7H11NO3S. The molecule has 1 rings (SSSR count). The Morgan fingerprint density at radius 1 is 1.25 bits per heavy atom. The maximum atomic E-state index is 8.86. The second-order valence-corrected chi connectivity index (χ2v) is 4.05. The SMILES string of the molecule is Cc1cc(S(O)(O)O)ccc1N.